The number of pyridine rings is 3. The van der Waals surface area contributed by atoms with Crippen LogP contribution in [0.15, 0.2) is 55.0 Å². The van der Waals surface area contributed by atoms with Gasteiger partial charge < -0.3 is 9.72 Å². The van der Waals surface area contributed by atoms with Gasteiger partial charge in [0, 0.05) is 39.8 Å². The second-order valence-corrected chi connectivity index (χ2v) is 10.8. The molecule has 1 saturated heterocycles. The number of hydrogen-bond acceptors (Lipinski definition) is 8. The van der Waals surface area contributed by atoms with Crippen LogP contribution >= 0.6 is 11.3 Å². The Labute approximate surface area is 223 Å². The number of ether oxygens (including phenoxy) is 1. The molecule has 0 bridgehead atoms. The molecule has 0 aromatic carbocycles. The van der Waals surface area contributed by atoms with E-state index >= 15 is 0 Å². The fourth-order valence-electron chi connectivity index (χ4n) is 4.97. The predicted octanol–water partition coefficient (Wildman–Crippen LogP) is 5.47. The molecule has 6 aromatic heterocycles. The molecule has 0 radical (unpaired) electrons. The third-order valence-corrected chi connectivity index (χ3v) is 7.95. The van der Waals surface area contributed by atoms with E-state index in [4.69, 9.17) is 14.7 Å². The first-order valence-electron chi connectivity index (χ1n) is 12.8. The third-order valence-electron chi connectivity index (χ3n) is 6.91. The van der Waals surface area contributed by atoms with Gasteiger partial charge in [0.2, 0.25) is 0 Å². The van der Waals surface area contributed by atoms with E-state index < -0.39 is 0 Å². The van der Waals surface area contributed by atoms with E-state index in [0.29, 0.717) is 23.8 Å². The van der Waals surface area contributed by atoms with Gasteiger partial charge in [-0.05, 0) is 69.3 Å². The quantitative estimate of drug-likeness (QED) is 0.286. The van der Waals surface area contributed by atoms with Gasteiger partial charge in [0.15, 0.2) is 17.2 Å². The molecule has 38 heavy (non-hydrogen) atoms. The molecule has 7 heterocycles. The molecule has 0 atom stereocenters. The van der Waals surface area contributed by atoms with Gasteiger partial charge in [0.1, 0.15) is 17.9 Å². The zero-order valence-corrected chi connectivity index (χ0v) is 21.8. The third kappa shape index (κ3) is 4.31. The molecule has 0 unspecified atom stereocenters. The highest BCUT2D eigenvalue weighted by Crippen LogP contribution is 2.34. The second kappa shape index (κ2) is 9.62. The van der Waals surface area contributed by atoms with Crippen molar-refractivity contribution in [3.63, 3.8) is 0 Å². The Morgan fingerprint density at radius 2 is 1.97 bits per heavy atom. The number of fused-ring (bicyclic) bond motifs is 2. The zero-order chi connectivity index (χ0) is 25.5. The summed E-state index contributed by atoms with van der Waals surface area (Å²) in [5.74, 6) is 1.37. The van der Waals surface area contributed by atoms with Crippen LogP contribution in [0.1, 0.15) is 17.7 Å². The van der Waals surface area contributed by atoms with Gasteiger partial charge in [-0.2, -0.15) is 5.10 Å². The highest BCUT2D eigenvalue weighted by molar-refractivity contribution is 7.15. The molecule has 2 N–H and O–H groups in total. The lowest BCUT2D eigenvalue weighted by Gasteiger charge is -2.15. The van der Waals surface area contributed by atoms with Crippen LogP contribution in [0.3, 0.4) is 0 Å². The number of aryl methyl sites for hydroxylation is 1. The van der Waals surface area contributed by atoms with E-state index in [-0.39, 0.29) is 0 Å². The second-order valence-electron chi connectivity index (χ2n) is 9.52. The lowest BCUT2D eigenvalue weighted by molar-refractivity contribution is 0.237. The molecule has 1 aliphatic rings. The highest BCUT2D eigenvalue weighted by Gasteiger charge is 2.18. The number of thiophene rings is 1. The summed E-state index contributed by atoms with van der Waals surface area (Å²) in [6, 6.07) is 12.2. The number of imidazole rings is 1. The van der Waals surface area contributed by atoms with Crippen molar-refractivity contribution < 1.29 is 4.74 Å². The van der Waals surface area contributed by atoms with E-state index in [1.54, 1.807) is 23.7 Å². The number of hydrogen-bond donors (Lipinski definition) is 2. The van der Waals surface area contributed by atoms with Crippen molar-refractivity contribution in [3.8, 4) is 39.0 Å². The molecule has 1 aliphatic heterocycles. The van der Waals surface area contributed by atoms with Crippen LogP contribution in [0.2, 0.25) is 0 Å². The van der Waals surface area contributed by atoms with E-state index in [1.807, 2.05) is 30.5 Å². The van der Waals surface area contributed by atoms with E-state index in [9.17, 15) is 0 Å². The fourth-order valence-corrected chi connectivity index (χ4v) is 5.87. The van der Waals surface area contributed by atoms with Crippen molar-refractivity contribution in [1.29, 1.82) is 0 Å². The van der Waals surface area contributed by atoms with Gasteiger partial charge in [-0.1, -0.05) is 0 Å². The summed E-state index contributed by atoms with van der Waals surface area (Å²) < 4.78 is 6.01. The first kappa shape index (κ1) is 23.0. The Balaban J connectivity index is 1.20. The first-order valence-corrected chi connectivity index (χ1v) is 13.6. The number of aromatic nitrogens is 7. The molecule has 0 saturated carbocycles. The first-order chi connectivity index (χ1) is 18.7. The Bertz CT molecular complexity index is 1750. The maximum atomic E-state index is 6.01. The lowest BCUT2D eigenvalue weighted by Crippen LogP contribution is -2.25. The van der Waals surface area contributed by atoms with Gasteiger partial charge in [0.05, 0.1) is 22.9 Å². The van der Waals surface area contributed by atoms with Gasteiger partial charge >= 0.3 is 0 Å². The molecule has 7 rings (SSSR count). The number of likely N-dealkylation sites (tertiary alicyclic amines) is 1. The maximum absolute atomic E-state index is 6.01. The van der Waals surface area contributed by atoms with Gasteiger partial charge in [-0.15, -0.1) is 11.3 Å². The minimum atomic E-state index is 0.626. The van der Waals surface area contributed by atoms with Crippen LogP contribution in [0.4, 0.5) is 0 Å². The normalized spacial score (nSPS) is 14.1. The van der Waals surface area contributed by atoms with E-state index in [0.717, 1.165) is 58.8 Å². The smallest absolute Gasteiger partial charge is 0.178 e. The summed E-state index contributed by atoms with van der Waals surface area (Å²) in [7, 11) is 0. The minimum Gasteiger partial charge on any atom is -0.491 e. The number of H-pyrrole nitrogens is 2. The van der Waals surface area contributed by atoms with Crippen molar-refractivity contribution >= 4 is 33.5 Å². The fraction of sp³-hybridized carbons (Fsp3) is 0.250. The average molecular weight is 523 g/mol. The van der Waals surface area contributed by atoms with Crippen molar-refractivity contribution in [1.82, 2.24) is 40.0 Å². The molecule has 190 valence electrons. The Kier molecular flexibility index (Phi) is 5.82. The van der Waals surface area contributed by atoms with Crippen LogP contribution in [-0.4, -0.2) is 66.3 Å². The summed E-state index contributed by atoms with van der Waals surface area (Å²) in [6.45, 7) is 6.02. The topological polar surface area (TPSA) is 108 Å². The van der Waals surface area contributed by atoms with Crippen molar-refractivity contribution in [2.45, 2.75) is 19.8 Å². The van der Waals surface area contributed by atoms with Crippen LogP contribution in [0, 0.1) is 6.92 Å². The number of aromatic amines is 2. The molecule has 6 aromatic rings. The van der Waals surface area contributed by atoms with E-state index in [2.05, 4.69) is 49.1 Å². The summed E-state index contributed by atoms with van der Waals surface area (Å²) in [5.41, 5.74) is 6.51. The lowest BCUT2D eigenvalue weighted by atomic mass is 10.1. The Morgan fingerprint density at radius 3 is 2.84 bits per heavy atom. The van der Waals surface area contributed by atoms with Crippen LogP contribution < -0.4 is 4.74 Å². The summed E-state index contributed by atoms with van der Waals surface area (Å²) in [5, 5.41) is 7.64. The van der Waals surface area contributed by atoms with Gasteiger partial charge in [-0.3, -0.25) is 15.0 Å². The average Bonchev–Trinajstić information content (AvgIpc) is 3.74. The van der Waals surface area contributed by atoms with Crippen molar-refractivity contribution in [2.75, 3.05) is 26.2 Å². The SMILES string of the molecule is Cc1ccc(-c2ccnc3nc(-c4n[nH]c5ccc(-c6cncc(OCCN7CCCC7)c6)nc45)[nH]c23)s1. The van der Waals surface area contributed by atoms with Gasteiger partial charge in [-0.25, -0.2) is 15.0 Å². The van der Waals surface area contributed by atoms with Crippen LogP contribution in [0.25, 0.3) is 55.4 Å². The molecule has 10 heteroatoms. The Hall–Kier alpha value is -4.15. The largest absolute Gasteiger partial charge is 0.491 e. The maximum Gasteiger partial charge on any atom is 0.178 e. The van der Waals surface area contributed by atoms with Crippen molar-refractivity contribution in [2.24, 2.45) is 0 Å². The van der Waals surface area contributed by atoms with Crippen LogP contribution in [0.5, 0.6) is 5.75 Å². The number of nitrogens with zero attached hydrogens (tertiary/aromatic N) is 6. The standard InChI is InChI=1S/C28H26N8OS/c1-17-4-7-23(38-17)20-8-9-30-27-24(20)32-28(33-27)26-25-22(34-35-26)6-5-21(31-25)18-14-19(16-29-15-18)37-13-12-36-10-2-3-11-36/h4-9,14-16H,2-3,10-13H2,1H3,(H,34,35)(H,30,32,33). The molecular formula is C28H26N8OS. The summed E-state index contributed by atoms with van der Waals surface area (Å²) in [4.78, 5) is 26.9. The van der Waals surface area contributed by atoms with Crippen LogP contribution in [-0.2, 0) is 0 Å². The molecule has 0 aliphatic carbocycles. The molecule has 1 fully saturated rings. The van der Waals surface area contributed by atoms with Gasteiger partial charge in [0.25, 0.3) is 0 Å². The molecule has 0 amide bonds. The summed E-state index contributed by atoms with van der Waals surface area (Å²) >= 11 is 1.75. The zero-order valence-electron chi connectivity index (χ0n) is 20.9. The Morgan fingerprint density at radius 1 is 1.05 bits per heavy atom. The minimum absolute atomic E-state index is 0.626. The number of rotatable bonds is 7. The van der Waals surface area contributed by atoms with Crippen molar-refractivity contribution in [3.05, 3.63) is 59.9 Å². The summed E-state index contributed by atoms with van der Waals surface area (Å²) in [6.07, 6.45) is 7.91. The number of nitrogens with one attached hydrogen (secondary N) is 2. The highest BCUT2D eigenvalue weighted by atomic mass is 32.1. The molecule has 0 spiro atoms. The predicted molar refractivity (Wildman–Crippen MR) is 149 cm³/mol. The molecular weight excluding hydrogens is 496 g/mol. The monoisotopic (exact) mass is 522 g/mol. The van der Waals surface area contributed by atoms with E-state index in [1.165, 1.54) is 22.6 Å². The molecule has 9 nitrogen and oxygen atoms in total.